The van der Waals surface area contributed by atoms with Crippen molar-refractivity contribution in [3.63, 3.8) is 0 Å². The van der Waals surface area contributed by atoms with Gasteiger partial charge in [-0.25, -0.2) is 27.6 Å². The molecule has 11 heteroatoms. The summed E-state index contributed by atoms with van der Waals surface area (Å²) in [5.74, 6) is -0.259. The number of hydrogen-bond acceptors (Lipinski definition) is 7. The summed E-state index contributed by atoms with van der Waals surface area (Å²) in [5.41, 5.74) is 0.625. The second-order valence-electron chi connectivity index (χ2n) is 8.29. The number of pyridine rings is 2. The largest absolute Gasteiger partial charge is 0.478 e. The second kappa shape index (κ2) is 9.42. The van der Waals surface area contributed by atoms with Crippen molar-refractivity contribution >= 4 is 44.2 Å². The fourth-order valence-corrected chi connectivity index (χ4v) is 5.20. The van der Waals surface area contributed by atoms with Crippen LogP contribution in [0.25, 0.3) is 10.9 Å². The lowest BCUT2D eigenvalue weighted by atomic mass is 10.1. The average Bonchev–Trinajstić information content (AvgIpc) is 2.88. The SMILES string of the molecule is O=C(O)c1cc(N2CCN(c3ccccn3)CC2)nc2ccc(NS(=O)(=O)c3ccc(F)cc3)cc12. The highest BCUT2D eigenvalue weighted by Crippen LogP contribution is 2.28. The number of sulfonamides is 1. The van der Waals surface area contributed by atoms with Crippen LogP contribution in [0.1, 0.15) is 10.4 Å². The van der Waals surface area contributed by atoms with E-state index in [0.29, 0.717) is 42.9 Å². The van der Waals surface area contributed by atoms with E-state index in [4.69, 9.17) is 0 Å². The van der Waals surface area contributed by atoms with E-state index in [-0.39, 0.29) is 16.1 Å². The molecule has 0 spiro atoms. The molecule has 0 aliphatic carbocycles. The molecule has 0 atom stereocenters. The number of nitrogens with one attached hydrogen (secondary N) is 1. The third-order valence-corrected chi connectivity index (χ3v) is 7.38. The molecule has 9 nitrogen and oxygen atoms in total. The van der Waals surface area contributed by atoms with Crippen LogP contribution in [0.2, 0.25) is 0 Å². The van der Waals surface area contributed by atoms with Crippen LogP contribution < -0.4 is 14.5 Å². The maximum Gasteiger partial charge on any atom is 0.336 e. The first-order chi connectivity index (χ1) is 17.3. The Kier molecular flexibility index (Phi) is 6.15. The van der Waals surface area contributed by atoms with Gasteiger partial charge in [-0.05, 0) is 60.7 Å². The third kappa shape index (κ3) is 4.78. The Morgan fingerprint density at radius 1 is 0.917 bits per heavy atom. The Bertz CT molecular complexity index is 1520. The zero-order valence-electron chi connectivity index (χ0n) is 19.0. The number of benzene rings is 2. The Labute approximate surface area is 206 Å². The van der Waals surface area contributed by atoms with Crippen molar-refractivity contribution in [3.8, 4) is 0 Å². The molecule has 0 radical (unpaired) electrons. The van der Waals surface area contributed by atoms with Gasteiger partial charge in [0.15, 0.2) is 0 Å². The van der Waals surface area contributed by atoms with E-state index in [1.165, 1.54) is 18.2 Å². The highest BCUT2D eigenvalue weighted by atomic mass is 32.2. The first-order valence-corrected chi connectivity index (χ1v) is 12.7. The zero-order valence-corrected chi connectivity index (χ0v) is 19.8. The van der Waals surface area contributed by atoms with Crippen LogP contribution in [-0.4, -0.2) is 55.6 Å². The van der Waals surface area contributed by atoms with E-state index in [1.54, 1.807) is 12.3 Å². The Morgan fingerprint density at radius 3 is 2.25 bits per heavy atom. The number of piperazine rings is 1. The van der Waals surface area contributed by atoms with E-state index in [2.05, 4.69) is 19.6 Å². The highest BCUT2D eigenvalue weighted by Gasteiger charge is 2.22. The molecule has 3 heterocycles. The molecule has 5 rings (SSSR count). The number of halogens is 1. The molecule has 1 saturated heterocycles. The van der Waals surface area contributed by atoms with Gasteiger partial charge in [0.05, 0.1) is 16.0 Å². The topological polar surface area (TPSA) is 116 Å². The van der Waals surface area contributed by atoms with Gasteiger partial charge in [-0.2, -0.15) is 0 Å². The van der Waals surface area contributed by atoms with Gasteiger partial charge in [-0.15, -0.1) is 0 Å². The Balaban J connectivity index is 1.41. The number of anilines is 3. The van der Waals surface area contributed by atoms with Crippen LogP contribution >= 0.6 is 0 Å². The van der Waals surface area contributed by atoms with Crippen LogP contribution in [-0.2, 0) is 10.0 Å². The molecule has 0 unspecified atom stereocenters. The molecule has 184 valence electrons. The number of carboxylic acid groups (broad SMARTS) is 1. The summed E-state index contributed by atoms with van der Waals surface area (Å²) in [4.78, 5) is 25.2. The fraction of sp³-hybridized carbons (Fsp3) is 0.160. The number of hydrogen-bond donors (Lipinski definition) is 2. The summed E-state index contributed by atoms with van der Waals surface area (Å²) in [7, 11) is -3.99. The second-order valence-corrected chi connectivity index (χ2v) is 9.97. The first-order valence-electron chi connectivity index (χ1n) is 11.2. The summed E-state index contributed by atoms with van der Waals surface area (Å²) in [6.07, 6.45) is 1.75. The molecular weight excluding hydrogens is 485 g/mol. The van der Waals surface area contributed by atoms with Gasteiger partial charge >= 0.3 is 5.97 Å². The molecule has 2 aromatic carbocycles. The maximum absolute atomic E-state index is 13.2. The number of aromatic nitrogens is 2. The van der Waals surface area contributed by atoms with Crippen LogP contribution in [0, 0.1) is 5.82 Å². The number of nitrogens with zero attached hydrogens (tertiary/aromatic N) is 4. The Hall–Kier alpha value is -4.25. The summed E-state index contributed by atoms with van der Waals surface area (Å²) in [6, 6.07) is 16.2. The van der Waals surface area contributed by atoms with Gasteiger partial charge in [-0.3, -0.25) is 4.72 Å². The van der Waals surface area contributed by atoms with Crippen molar-refractivity contribution in [2.75, 3.05) is 40.7 Å². The van der Waals surface area contributed by atoms with Gasteiger partial charge in [0.2, 0.25) is 0 Å². The molecular formula is C25H22FN5O4S. The third-order valence-electron chi connectivity index (χ3n) is 5.98. The van der Waals surface area contributed by atoms with Gasteiger partial charge in [-0.1, -0.05) is 6.07 Å². The minimum Gasteiger partial charge on any atom is -0.478 e. The van der Waals surface area contributed by atoms with E-state index in [1.807, 2.05) is 23.1 Å². The minimum atomic E-state index is -3.99. The van der Waals surface area contributed by atoms with E-state index >= 15 is 0 Å². The quantitative estimate of drug-likeness (QED) is 0.407. The van der Waals surface area contributed by atoms with Crippen LogP contribution in [0.15, 0.2) is 77.8 Å². The van der Waals surface area contributed by atoms with Crippen molar-refractivity contribution in [1.29, 1.82) is 0 Å². The van der Waals surface area contributed by atoms with Gasteiger partial charge < -0.3 is 14.9 Å². The van der Waals surface area contributed by atoms with Crippen molar-refractivity contribution in [1.82, 2.24) is 9.97 Å². The number of carbonyl (C=O) groups is 1. The molecule has 1 fully saturated rings. The summed E-state index contributed by atoms with van der Waals surface area (Å²) in [5, 5.41) is 10.2. The van der Waals surface area contributed by atoms with Crippen LogP contribution in [0.5, 0.6) is 0 Å². The average molecular weight is 508 g/mol. The van der Waals surface area contributed by atoms with Crippen molar-refractivity contribution < 1.29 is 22.7 Å². The van der Waals surface area contributed by atoms with E-state index < -0.39 is 21.8 Å². The summed E-state index contributed by atoms with van der Waals surface area (Å²) < 4.78 is 40.9. The maximum atomic E-state index is 13.2. The van der Waals surface area contributed by atoms with Crippen LogP contribution in [0.3, 0.4) is 0 Å². The van der Waals surface area contributed by atoms with Gasteiger partial charge in [0.25, 0.3) is 10.0 Å². The van der Waals surface area contributed by atoms with Gasteiger partial charge in [0.1, 0.15) is 17.5 Å². The van der Waals surface area contributed by atoms with Gasteiger partial charge in [0, 0.05) is 43.4 Å². The lowest BCUT2D eigenvalue weighted by Gasteiger charge is -2.36. The van der Waals surface area contributed by atoms with Crippen molar-refractivity contribution in [2.45, 2.75) is 4.90 Å². The summed E-state index contributed by atoms with van der Waals surface area (Å²) in [6.45, 7) is 2.71. The number of fused-ring (bicyclic) bond motifs is 1. The molecule has 4 aromatic rings. The fourth-order valence-electron chi connectivity index (χ4n) is 4.15. The lowest BCUT2D eigenvalue weighted by molar-refractivity contribution is 0.0699. The normalized spacial score (nSPS) is 14.1. The number of aromatic carboxylic acids is 1. The van der Waals surface area contributed by atoms with E-state index in [9.17, 15) is 22.7 Å². The molecule has 36 heavy (non-hydrogen) atoms. The molecule has 0 saturated carbocycles. The summed E-state index contributed by atoms with van der Waals surface area (Å²) >= 11 is 0. The smallest absolute Gasteiger partial charge is 0.336 e. The van der Waals surface area contributed by atoms with Crippen molar-refractivity contribution in [3.05, 3.63) is 84.3 Å². The standard InChI is InChI=1S/C25H22FN5O4S/c26-17-4-7-19(8-5-17)36(34,35)29-18-6-9-22-20(15-18)21(25(32)33)16-24(28-22)31-13-11-30(12-14-31)23-3-1-2-10-27-23/h1-10,15-16,29H,11-14H2,(H,32,33). The molecule has 1 aliphatic heterocycles. The van der Waals surface area contributed by atoms with E-state index in [0.717, 1.165) is 30.1 Å². The predicted octanol–water partition coefficient (Wildman–Crippen LogP) is 3.59. The molecule has 1 aliphatic rings. The molecule has 0 amide bonds. The minimum absolute atomic E-state index is 0.0185. The Morgan fingerprint density at radius 2 is 1.61 bits per heavy atom. The van der Waals surface area contributed by atoms with Crippen LogP contribution in [0.4, 0.5) is 21.7 Å². The lowest BCUT2D eigenvalue weighted by Crippen LogP contribution is -2.47. The monoisotopic (exact) mass is 507 g/mol. The molecule has 0 bridgehead atoms. The molecule has 2 N–H and O–H groups in total. The number of carboxylic acids is 1. The first kappa shape index (κ1) is 23.5. The molecule has 2 aromatic heterocycles. The van der Waals surface area contributed by atoms with Crippen molar-refractivity contribution in [2.24, 2.45) is 0 Å². The predicted molar refractivity (Wildman–Crippen MR) is 135 cm³/mol. The number of rotatable bonds is 6. The highest BCUT2D eigenvalue weighted by molar-refractivity contribution is 7.92. The zero-order chi connectivity index (χ0) is 25.3.